The first kappa shape index (κ1) is 29.8. The zero-order valence-corrected chi connectivity index (χ0v) is 24.4. The van der Waals surface area contributed by atoms with Crippen LogP contribution in [-0.4, -0.2) is 85.3 Å². The van der Waals surface area contributed by atoms with Crippen molar-refractivity contribution < 1.29 is 28.7 Å². The van der Waals surface area contributed by atoms with Gasteiger partial charge in [-0.25, -0.2) is 9.59 Å². The summed E-state index contributed by atoms with van der Waals surface area (Å²) in [5.74, 6) is 0.681. The second-order valence-electron chi connectivity index (χ2n) is 12.3. The maximum absolute atomic E-state index is 13.2. The van der Waals surface area contributed by atoms with Gasteiger partial charge in [-0.15, -0.1) is 0 Å². The number of ether oxygens (including phenoxy) is 2. The molecule has 220 valence electrons. The van der Waals surface area contributed by atoms with Gasteiger partial charge in [0.2, 0.25) is 5.91 Å². The number of piperidine rings is 2. The van der Waals surface area contributed by atoms with Gasteiger partial charge in [-0.3, -0.25) is 19.8 Å². The number of urea groups is 1. The maximum Gasteiger partial charge on any atom is 0.410 e. The molecule has 3 saturated heterocycles. The fourth-order valence-corrected chi connectivity index (χ4v) is 5.54. The fraction of sp³-hybridized carbons (Fsp3) is 0.667. The third-order valence-corrected chi connectivity index (χ3v) is 7.99. The van der Waals surface area contributed by atoms with Gasteiger partial charge in [-0.1, -0.05) is 6.07 Å². The zero-order chi connectivity index (χ0) is 28.9. The molecule has 0 aliphatic carbocycles. The van der Waals surface area contributed by atoms with Crippen molar-refractivity contribution in [2.75, 3.05) is 50.8 Å². The minimum absolute atomic E-state index is 0.0353. The number of nitrogens with zero attached hydrogens (tertiary/aromatic N) is 3. The van der Waals surface area contributed by atoms with Crippen LogP contribution < -0.4 is 10.2 Å². The molecule has 0 unspecified atom stereocenters. The van der Waals surface area contributed by atoms with Crippen LogP contribution >= 0.6 is 0 Å². The molecule has 3 heterocycles. The van der Waals surface area contributed by atoms with Crippen molar-refractivity contribution in [1.82, 2.24) is 15.1 Å². The van der Waals surface area contributed by atoms with Gasteiger partial charge < -0.3 is 19.3 Å². The lowest BCUT2D eigenvalue weighted by Gasteiger charge is -2.34. The molecule has 5 amide bonds. The van der Waals surface area contributed by atoms with Gasteiger partial charge >= 0.3 is 12.1 Å². The predicted molar refractivity (Wildman–Crippen MR) is 151 cm³/mol. The van der Waals surface area contributed by atoms with Crippen molar-refractivity contribution in [3.05, 3.63) is 29.3 Å². The average Bonchev–Trinajstić information content (AvgIpc) is 2.91. The molecule has 3 aliphatic heterocycles. The second-order valence-corrected chi connectivity index (χ2v) is 12.3. The lowest BCUT2D eigenvalue weighted by atomic mass is 9.94. The van der Waals surface area contributed by atoms with E-state index in [-0.39, 0.29) is 24.3 Å². The summed E-state index contributed by atoms with van der Waals surface area (Å²) in [6, 6.07) is 4.98. The van der Waals surface area contributed by atoms with Crippen molar-refractivity contribution in [3.8, 4) is 0 Å². The van der Waals surface area contributed by atoms with E-state index in [9.17, 15) is 19.2 Å². The van der Waals surface area contributed by atoms with Crippen LogP contribution in [0.15, 0.2) is 18.2 Å². The van der Waals surface area contributed by atoms with Crippen molar-refractivity contribution in [2.24, 2.45) is 11.8 Å². The van der Waals surface area contributed by atoms with E-state index in [0.29, 0.717) is 49.3 Å². The number of imide groups is 1. The van der Waals surface area contributed by atoms with Crippen LogP contribution in [0.25, 0.3) is 0 Å². The first-order valence-electron chi connectivity index (χ1n) is 14.6. The van der Waals surface area contributed by atoms with Crippen molar-refractivity contribution in [3.63, 3.8) is 0 Å². The van der Waals surface area contributed by atoms with Gasteiger partial charge in [0.05, 0.1) is 0 Å². The molecule has 1 aromatic carbocycles. The largest absolute Gasteiger partial charge is 0.444 e. The maximum atomic E-state index is 13.2. The molecule has 4 rings (SSSR count). The Bertz CT molecular complexity index is 1080. The Morgan fingerprint density at radius 2 is 1.60 bits per heavy atom. The lowest BCUT2D eigenvalue weighted by molar-refractivity contribution is -0.120. The quantitative estimate of drug-likeness (QED) is 0.501. The summed E-state index contributed by atoms with van der Waals surface area (Å²) >= 11 is 0. The molecule has 10 nitrogen and oxygen atoms in total. The van der Waals surface area contributed by atoms with E-state index < -0.39 is 11.6 Å². The number of rotatable bonds is 7. The number of anilines is 1. The van der Waals surface area contributed by atoms with E-state index in [1.165, 1.54) is 4.90 Å². The van der Waals surface area contributed by atoms with E-state index in [2.05, 4.69) is 5.32 Å². The standard InChI is InChI=1S/C30H44N4O6/c1-21-5-6-24(19-25(21)34-17-11-26(35)31-28(34)37)27(36)32-13-9-23(10-14-32)20-39-18-12-22-7-15-33(16-8-22)29(38)40-30(2,3)4/h5-6,19,22-23H,7-18,20H2,1-4H3,(H,31,35,37). The van der Waals surface area contributed by atoms with E-state index in [4.69, 9.17) is 9.47 Å². The number of hydrogen-bond acceptors (Lipinski definition) is 6. The number of nitrogens with one attached hydrogen (secondary N) is 1. The summed E-state index contributed by atoms with van der Waals surface area (Å²) < 4.78 is 11.5. The number of carbonyl (C=O) groups is 4. The highest BCUT2D eigenvalue weighted by Crippen LogP contribution is 2.27. The van der Waals surface area contributed by atoms with Gasteiger partial charge in [-0.2, -0.15) is 0 Å². The van der Waals surface area contributed by atoms with Gasteiger partial charge in [0.1, 0.15) is 5.60 Å². The van der Waals surface area contributed by atoms with Gasteiger partial charge in [0.15, 0.2) is 0 Å². The molecule has 0 saturated carbocycles. The molecule has 10 heteroatoms. The van der Waals surface area contributed by atoms with Crippen LogP contribution in [0, 0.1) is 18.8 Å². The first-order chi connectivity index (χ1) is 19.0. The topological polar surface area (TPSA) is 108 Å². The molecular formula is C30H44N4O6. The van der Waals surface area contributed by atoms with Crippen LogP contribution in [-0.2, 0) is 14.3 Å². The molecule has 0 aromatic heterocycles. The Kier molecular flexibility index (Phi) is 9.71. The third-order valence-electron chi connectivity index (χ3n) is 7.99. The summed E-state index contributed by atoms with van der Waals surface area (Å²) in [4.78, 5) is 54.5. The van der Waals surface area contributed by atoms with E-state index in [1.807, 2.05) is 43.6 Å². The number of carbonyl (C=O) groups excluding carboxylic acids is 4. The third kappa shape index (κ3) is 7.96. The number of likely N-dealkylation sites (tertiary alicyclic amines) is 2. The molecule has 0 spiro atoms. The molecule has 1 aromatic rings. The molecule has 0 atom stereocenters. The minimum atomic E-state index is -0.467. The number of amides is 5. The van der Waals surface area contributed by atoms with E-state index in [1.54, 1.807) is 12.1 Å². The SMILES string of the molecule is Cc1ccc(C(=O)N2CCC(COCCC3CCN(C(=O)OC(C)(C)C)CC3)CC2)cc1N1CCC(=O)NC1=O. The van der Waals surface area contributed by atoms with Crippen LogP contribution in [0.2, 0.25) is 0 Å². The normalized spacial score (nSPS) is 19.6. The monoisotopic (exact) mass is 556 g/mol. The number of hydrogen-bond donors (Lipinski definition) is 1. The molecular weight excluding hydrogens is 512 g/mol. The fourth-order valence-electron chi connectivity index (χ4n) is 5.54. The molecule has 3 fully saturated rings. The summed E-state index contributed by atoms with van der Waals surface area (Å²) in [5.41, 5.74) is 1.63. The second kappa shape index (κ2) is 13.0. The van der Waals surface area contributed by atoms with Gasteiger partial charge in [0, 0.05) is 63.6 Å². The highest BCUT2D eigenvalue weighted by molar-refractivity contribution is 6.06. The molecule has 3 aliphatic rings. The zero-order valence-electron chi connectivity index (χ0n) is 24.4. The van der Waals surface area contributed by atoms with Crippen molar-refractivity contribution in [2.45, 2.75) is 71.8 Å². The van der Waals surface area contributed by atoms with E-state index in [0.717, 1.165) is 57.4 Å². The Morgan fingerprint density at radius 3 is 2.25 bits per heavy atom. The van der Waals surface area contributed by atoms with Crippen LogP contribution in [0.1, 0.15) is 75.2 Å². The Morgan fingerprint density at radius 1 is 0.950 bits per heavy atom. The lowest BCUT2D eigenvalue weighted by Crippen LogP contribution is -2.49. The highest BCUT2D eigenvalue weighted by Gasteiger charge is 2.29. The summed E-state index contributed by atoms with van der Waals surface area (Å²) in [5, 5.41) is 2.35. The molecule has 40 heavy (non-hydrogen) atoms. The predicted octanol–water partition coefficient (Wildman–Crippen LogP) is 4.35. The average molecular weight is 557 g/mol. The summed E-state index contributed by atoms with van der Waals surface area (Å²) in [7, 11) is 0. The smallest absolute Gasteiger partial charge is 0.410 e. The van der Waals surface area contributed by atoms with Crippen LogP contribution in [0.5, 0.6) is 0 Å². The number of benzene rings is 1. The van der Waals surface area contributed by atoms with Gasteiger partial charge in [-0.05, 0) is 89.3 Å². The molecule has 1 N–H and O–H groups in total. The van der Waals surface area contributed by atoms with Gasteiger partial charge in [0.25, 0.3) is 5.91 Å². The molecule has 0 radical (unpaired) electrons. The summed E-state index contributed by atoms with van der Waals surface area (Å²) in [6.45, 7) is 12.1. The van der Waals surface area contributed by atoms with Crippen molar-refractivity contribution in [1.29, 1.82) is 0 Å². The summed E-state index contributed by atoms with van der Waals surface area (Å²) in [6.07, 6.45) is 4.77. The number of aryl methyl sites for hydroxylation is 1. The first-order valence-corrected chi connectivity index (χ1v) is 14.6. The minimum Gasteiger partial charge on any atom is -0.444 e. The highest BCUT2D eigenvalue weighted by atomic mass is 16.6. The Balaban J connectivity index is 1.16. The van der Waals surface area contributed by atoms with Crippen molar-refractivity contribution >= 4 is 29.6 Å². The Labute approximate surface area is 237 Å². The van der Waals surface area contributed by atoms with Crippen LogP contribution in [0.3, 0.4) is 0 Å². The van der Waals surface area contributed by atoms with Crippen LogP contribution in [0.4, 0.5) is 15.3 Å². The van der Waals surface area contributed by atoms with E-state index >= 15 is 0 Å². The Hall–Kier alpha value is -3.14. The molecule has 0 bridgehead atoms.